The Balaban J connectivity index is 1.47. The van der Waals surface area contributed by atoms with Crippen molar-refractivity contribution in [3.63, 3.8) is 0 Å². The molecule has 6 nitrogen and oxygen atoms in total. The van der Waals surface area contributed by atoms with E-state index in [1.807, 2.05) is 18.2 Å². The highest BCUT2D eigenvalue weighted by Crippen LogP contribution is 2.32. The molecule has 2 aromatic carbocycles. The van der Waals surface area contributed by atoms with Crippen LogP contribution in [0.3, 0.4) is 0 Å². The molecule has 1 fully saturated rings. The number of anilines is 1. The van der Waals surface area contributed by atoms with Crippen molar-refractivity contribution in [2.45, 2.75) is 37.3 Å². The maximum atomic E-state index is 12.2. The largest absolute Gasteiger partial charge is 0.398 e. The zero-order valence-electron chi connectivity index (χ0n) is 15.5. The Hall–Kier alpha value is -2.57. The van der Waals surface area contributed by atoms with Gasteiger partial charge in [-0.15, -0.1) is 0 Å². The number of halogens is 1. The minimum Gasteiger partial charge on any atom is -0.398 e. The molecule has 0 heterocycles. The number of nitrogens with two attached hydrogens (primary N) is 2. The SMILES string of the molecule is Nc1cc(C(=O)NCC(=O)N[C@@H]2CC[C@@H](c3ccccc3)C[C@@H]2N)ccc1Cl. The lowest BCUT2D eigenvalue weighted by Gasteiger charge is -2.34. The molecule has 3 rings (SSSR count). The molecule has 28 heavy (non-hydrogen) atoms. The number of nitrogens with one attached hydrogen (secondary N) is 2. The van der Waals surface area contributed by atoms with Gasteiger partial charge in [0.2, 0.25) is 5.91 Å². The monoisotopic (exact) mass is 400 g/mol. The fourth-order valence-corrected chi connectivity index (χ4v) is 3.74. The molecule has 0 radical (unpaired) electrons. The highest BCUT2D eigenvalue weighted by molar-refractivity contribution is 6.33. The van der Waals surface area contributed by atoms with Gasteiger partial charge in [0.25, 0.3) is 5.91 Å². The molecule has 1 aliphatic rings. The van der Waals surface area contributed by atoms with Crippen LogP contribution in [0, 0.1) is 0 Å². The fraction of sp³-hybridized carbons (Fsp3) is 0.333. The van der Waals surface area contributed by atoms with Crippen LogP contribution in [0.15, 0.2) is 48.5 Å². The molecule has 3 atom stereocenters. The van der Waals surface area contributed by atoms with Gasteiger partial charge in [-0.25, -0.2) is 0 Å². The molecule has 0 spiro atoms. The van der Waals surface area contributed by atoms with Crippen LogP contribution in [0.2, 0.25) is 5.02 Å². The van der Waals surface area contributed by atoms with Gasteiger partial charge in [-0.2, -0.15) is 0 Å². The highest BCUT2D eigenvalue weighted by atomic mass is 35.5. The molecule has 0 aliphatic heterocycles. The number of hydrogen-bond acceptors (Lipinski definition) is 4. The second-order valence-electron chi connectivity index (χ2n) is 7.18. The minimum absolute atomic E-state index is 0.0875. The average molecular weight is 401 g/mol. The lowest BCUT2D eigenvalue weighted by molar-refractivity contribution is -0.121. The predicted molar refractivity (Wildman–Crippen MR) is 111 cm³/mol. The van der Waals surface area contributed by atoms with Gasteiger partial charge in [-0.05, 0) is 48.9 Å². The number of amides is 2. The predicted octanol–water partition coefficient (Wildman–Crippen LogP) is 2.43. The lowest BCUT2D eigenvalue weighted by Crippen LogP contribution is -2.52. The van der Waals surface area contributed by atoms with Gasteiger partial charge in [0.05, 0.1) is 17.3 Å². The highest BCUT2D eigenvalue weighted by Gasteiger charge is 2.29. The van der Waals surface area contributed by atoms with Crippen LogP contribution >= 0.6 is 11.6 Å². The van der Waals surface area contributed by atoms with E-state index in [1.54, 1.807) is 12.1 Å². The molecule has 0 unspecified atom stereocenters. The summed E-state index contributed by atoms with van der Waals surface area (Å²) in [5.74, 6) is -0.219. The topological polar surface area (TPSA) is 110 Å². The summed E-state index contributed by atoms with van der Waals surface area (Å²) in [4.78, 5) is 24.4. The number of hydrogen-bond donors (Lipinski definition) is 4. The van der Waals surface area contributed by atoms with Crippen molar-refractivity contribution in [2.75, 3.05) is 12.3 Å². The molecule has 0 saturated heterocycles. The second-order valence-corrected chi connectivity index (χ2v) is 7.58. The Labute approximate surface area is 169 Å². The number of benzene rings is 2. The van der Waals surface area contributed by atoms with Gasteiger partial charge in [-0.1, -0.05) is 41.9 Å². The summed E-state index contributed by atoms with van der Waals surface area (Å²) < 4.78 is 0. The van der Waals surface area contributed by atoms with E-state index in [9.17, 15) is 9.59 Å². The summed E-state index contributed by atoms with van der Waals surface area (Å²) in [6.45, 7) is -0.118. The second kappa shape index (κ2) is 9.08. The molecule has 2 aromatic rings. The Kier molecular flexibility index (Phi) is 6.54. The van der Waals surface area contributed by atoms with E-state index >= 15 is 0 Å². The van der Waals surface area contributed by atoms with E-state index in [4.69, 9.17) is 23.1 Å². The standard InChI is InChI=1S/C21H25ClN4O2/c22-16-8-6-15(11-17(16)23)21(28)25-12-20(27)26-19-9-7-14(10-18(19)24)13-4-2-1-3-5-13/h1-6,8,11,14,18-19H,7,9-10,12,23-24H2,(H,25,28)(H,26,27)/t14-,18+,19-/m1/s1. The first-order valence-corrected chi connectivity index (χ1v) is 9.75. The molecule has 2 amide bonds. The van der Waals surface area contributed by atoms with Crippen LogP contribution in [0.4, 0.5) is 5.69 Å². The van der Waals surface area contributed by atoms with Gasteiger partial charge in [0, 0.05) is 17.6 Å². The first kappa shape index (κ1) is 20.2. The van der Waals surface area contributed by atoms with E-state index in [0.717, 1.165) is 19.3 Å². The van der Waals surface area contributed by atoms with Gasteiger partial charge in [0.1, 0.15) is 0 Å². The van der Waals surface area contributed by atoms with Gasteiger partial charge >= 0.3 is 0 Å². The van der Waals surface area contributed by atoms with E-state index < -0.39 is 0 Å². The third-order valence-corrected chi connectivity index (χ3v) is 5.53. The zero-order chi connectivity index (χ0) is 20.1. The third kappa shape index (κ3) is 5.03. The molecule has 148 valence electrons. The molecule has 6 N–H and O–H groups in total. The van der Waals surface area contributed by atoms with Crippen LogP contribution in [0.5, 0.6) is 0 Å². The quantitative estimate of drug-likeness (QED) is 0.577. The van der Waals surface area contributed by atoms with E-state index in [1.165, 1.54) is 11.6 Å². The Morgan fingerprint density at radius 2 is 1.86 bits per heavy atom. The summed E-state index contributed by atoms with van der Waals surface area (Å²) in [6, 6.07) is 14.7. The smallest absolute Gasteiger partial charge is 0.251 e. The number of rotatable bonds is 5. The van der Waals surface area contributed by atoms with Crippen molar-refractivity contribution in [3.8, 4) is 0 Å². The van der Waals surface area contributed by atoms with Crippen molar-refractivity contribution in [1.82, 2.24) is 10.6 Å². The normalized spacial score (nSPS) is 21.7. The number of carbonyl (C=O) groups is 2. The first-order valence-electron chi connectivity index (χ1n) is 9.37. The van der Waals surface area contributed by atoms with Gasteiger partial charge in [-0.3, -0.25) is 9.59 Å². The molecule has 0 bridgehead atoms. The van der Waals surface area contributed by atoms with E-state index in [2.05, 4.69) is 22.8 Å². The van der Waals surface area contributed by atoms with Crippen molar-refractivity contribution in [2.24, 2.45) is 5.73 Å². The molecule has 1 saturated carbocycles. The summed E-state index contributed by atoms with van der Waals surface area (Å²) in [5, 5.41) is 5.92. The fourth-order valence-electron chi connectivity index (χ4n) is 3.62. The van der Waals surface area contributed by atoms with Crippen molar-refractivity contribution < 1.29 is 9.59 Å². The summed E-state index contributed by atoms with van der Waals surface area (Å²) in [7, 11) is 0. The number of carbonyl (C=O) groups excluding carboxylic acids is 2. The maximum absolute atomic E-state index is 12.2. The van der Waals surface area contributed by atoms with Gasteiger partial charge in [0.15, 0.2) is 0 Å². The van der Waals surface area contributed by atoms with Crippen molar-refractivity contribution in [1.29, 1.82) is 0 Å². The molecule has 0 aromatic heterocycles. The van der Waals surface area contributed by atoms with Crippen LogP contribution in [-0.2, 0) is 4.79 Å². The maximum Gasteiger partial charge on any atom is 0.251 e. The Bertz CT molecular complexity index is 844. The van der Waals surface area contributed by atoms with Gasteiger partial charge < -0.3 is 22.1 Å². The summed E-state index contributed by atoms with van der Waals surface area (Å²) in [6.07, 6.45) is 2.61. The minimum atomic E-state index is -0.379. The lowest BCUT2D eigenvalue weighted by atomic mass is 9.79. The summed E-state index contributed by atoms with van der Waals surface area (Å²) >= 11 is 5.85. The summed E-state index contributed by atoms with van der Waals surface area (Å²) in [5.41, 5.74) is 14.0. The third-order valence-electron chi connectivity index (χ3n) is 5.18. The van der Waals surface area contributed by atoms with Crippen LogP contribution in [-0.4, -0.2) is 30.4 Å². The first-order chi connectivity index (χ1) is 13.4. The van der Waals surface area contributed by atoms with Crippen LogP contribution < -0.4 is 22.1 Å². The molecule has 7 heteroatoms. The number of nitrogen functional groups attached to an aromatic ring is 1. The molecular formula is C21H25ClN4O2. The average Bonchev–Trinajstić information content (AvgIpc) is 2.70. The molecule has 1 aliphatic carbocycles. The van der Waals surface area contributed by atoms with Crippen molar-refractivity contribution >= 4 is 29.1 Å². The Morgan fingerprint density at radius 1 is 1.11 bits per heavy atom. The Morgan fingerprint density at radius 3 is 2.54 bits per heavy atom. The van der Waals surface area contributed by atoms with E-state index in [-0.39, 0.29) is 30.4 Å². The molecular weight excluding hydrogens is 376 g/mol. The van der Waals surface area contributed by atoms with Crippen LogP contribution in [0.25, 0.3) is 0 Å². The zero-order valence-corrected chi connectivity index (χ0v) is 16.3. The van der Waals surface area contributed by atoms with E-state index in [0.29, 0.717) is 22.2 Å². The van der Waals surface area contributed by atoms with Crippen LogP contribution in [0.1, 0.15) is 41.1 Å². The van der Waals surface area contributed by atoms with Crippen molar-refractivity contribution in [3.05, 3.63) is 64.7 Å².